The standard InChI is InChI=1S/C12H12BrNO4/c1-2-17-12(16)6-14-9-5-8(13)3-4-10(9)18-7-11(14)15/h3-5H,2,6-7H2,1H3. The van der Waals surface area contributed by atoms with E-state index in [1.54, 1.807) is 19.1 Å². The summed E-state index contributed by atoms with van der Waals surface area (Å²) in [5.41, 5.74) is 0.577. The largest absolute Gasteiger partial charge is 0.482 e. The Hall–Kier alpha value is -1.56. The zero-order valence-electron chi connectivity index (χ0n) is 9.81. The lowest BCUT2D eigenvalue weighted by atomic mass is 10.2. The molecule has 0 aromatic heterocycles. The van der Waals surface area contributed by atoms with E-state index in [9.17, 15) is 9.59 Å². The number of nitrogens with zero attached hydrogens (tertiary/aromatic N) is 1. The summed E-state index contributed by atoms with van der Waals surface area (Å²) in [5.74, 6) is -0.102. The average Bonchev–Trinajstić information content (AvgIpc) is 2.33. The Morgan fingerprint density at radius 1 is 1.56 bits per heavy atom. The second-order valence-electron chi connectivity index (χ2n) is 3.69. The minimum atomic E-state index is -0.432. The van der Waals surface area contributed by atoms with Crippen molar-refractivity contribution in [2.24, 2.45) is 0 Å². The number of carbonyl (C=O) groups is 2. The van der Waals surface area contributed by atoms with Gasteiger partial charge in [0.1, 0.15) is 12.3 Å². The molecule has 0 fully saturated rings. The van der Waals surface area contributed by atoms with Gasteiger partial charge in [-0.2, -0.15) is 0 Å². The molecule has 0 saturated heterocycles. The Bertz CT molecular complexity index is 489. The van der Waals surface area contributed by atoms with Crippen molar-refractivity contribution in [2.45, 2.75) is 6.92 Å². The van der Waals surface area contributed by atoms with Crippen molar-refractivity contribution in [3.8, 4) is 5.75 Å². The van der Waals surface area contributed by atoms with Crippen LogP contribution in [0.2, 0.25) is 0 Å². The van der Waals surface area contributed by atoms with Crippen molar-refractivity contribution >= 4 is 33.5 Å². The molecule has 96 valence electrons. The van der Waals surface area contributed by atoms with Crippen LogP contribution in [0.1, 0.15) is 6.92 Å². The molecule has 2 rings (SSSR count). The molecule has 1 aliphatic rings. The van der Waals surface area contributed by atoms with E-state index in [4.69, 9.17) is 9.47 Å². The Morgan fingerprint density at radius 3 is 3.06 bits per heavy atom. The van der Waals surface area contributed by atoms with E-state index in [-0.39, 0.29) is 19.1 Å². The molecule has 0 atom stereocenters. The van der Waals surface area contributed by atoms with Crippen molar-refractivity contribution in [3.05, 3.63) is 22.7 Å². The van der Waals surface area contributed by atoms with Crippen LogP contribution in [0.3, 0.4) is 0 Å². The van der Waals surface area contributed by atoms with Gasteiger partial charge in [-0.15, -0.1) is 0 Å². The predicted octanol–water partition coefficient (Wildman–Crippen LogP) is 1.74. The molecule has 0 N–H and O–H groups in total. The lowest BCUT2D eigenvalue weighted by Crippen LogP contribution is -2.42. The van der Waals surface area contributed by atoms with Crippen LogP contribution in [-0.2, 0) is 14.3 Å². The molecule has 5 nitrogen and oxygen atoms in total. The summed E-state index contributed by atoms with van der Waals surface area (Å²) >= 11 is 3.33. The van der Waals surface area contributed by atoms with Crippen LogP contribution in [0.4, 0.5) is 5.69 Å². The third-order valence-electron chi connectivity index (χ3n) is 2.46. The summed E-state index contributed by atoms with van der Waals surface area (Å²) in [6.07, 6.45) is 0. The number of ether oxygens (including phenoxy) is 2. The number of fused-ring (bicyclic) bond motifs is 1. The first kappa shape index (κ1) is 12.9. The summed E-state index contributed by atoms with van der Waals surface area (Å²) in [7, 11) is 0. The molecule has 1 aromatic rings. The molecular weight excluding hydrogens is 302 g/mol. The Balaban J connectivity index is 2.27. The first-order valence-electron chi connectivity index (χ1n) is 5.50. The molecule has 0 saturated carbocycles. The highest BCUT2D eigenvalue weighted by Crippen LogP contribution is 2.34. The molecule has 0 aliphatic carbocycles. The first-order chi connectivity index (χ1) is 8.61. The van der Waals surface area contributed by atoms with Crippen molar-refractivity contribution < 1.29 is 19.1 Å². The van der Waals surface area contributed by atoms with Gasteiger partial charge in [0.15, 0.2) is 6.61 Å². The van der Waals surface area contributed by atoms with E-state index in [2.05, 4.69) is 15.9 Å². The predicted molar refractivity (Wildman–Crippen MR) is 68.6 cm³/mol. The number of hydrogen-bond donors (Lipinski definition) is 0. The summed E-state index contributed by atoms with van der Waals surface area (Å²) in [5, 5.41) is 0. The molecule has 0 bridgehead atoms. The van der Waals surface area contributed by atoms with Crippen molar-refractivity contribution in [3.63, 3.8) is 0 Å². The number of hydrogen-bond acceptors (Lipinski definition) is 4. The fraction of sp³-hybridized carbons (Fsp3) is 0.333. The molecular formula is C12H12BrNO4. The van der Waals surface area contributed by atoms with Crippen molar-refractivity contribution in [1.82, 2.24) is 0 Å². The van der Waals surface area contributed by atoms with Gasteiger partial charge in [0.05, 0.1) is 12.3 Å². The van der Waals surface area contributed by atoms with Crippen LogP contribution in [0.25, 0.3) is 0 Å². The van der Waals surface area contributed by atoms with E-state index in [0.29, 0.717) is 18.0 Å². The van der Waals surface area contributed by atoms with Crippen LogP contribution in [0, 0.1) is 0 Å². The van der Waals surface area contributed by atoms with Crippen LogP contribution in [-0.4, -0.2) is 31.6 Å². The second-order valence-corrected chi connectivity index (χ2v) is 4.60. The normalized spacial score (nSPS) is 13.9. The second kappa shape index (κ2) is 5.39. The van der Waals surface area contributed by atoms with Gasteiger partial charge >= 0.3 is 5.97 Å². The molecule has 1 aromatic carbocycles. The third-order valence-corrected chi connectivity index (χ3v) is 2.95. The van der Waals surface area contributed by atoms with Crippen LogP contribution in [0.15, 0.2) is 22.7 Å². The zero-order valence-corrected chi connectivity index (χ0v) is 11.4. The van der Waals surface area contributed by atoms with Crippen molar-refractivity contribution in [1.29, 1.82) is 0 Å². The Labute approximate surface area is 113 Å². The SMILES string of the molecule is CCOC(=O)CN1C(=O)COc2ccc(Br)cc21. The van der Waals surface area contributed by atoms with Gasteiger partial charge in [-0.1, -0.05) is 15.9 Å². The zero-order chi connectivity index (χ0) is 13.1. The third kappa shape index (κ3) is 2.64. The minimum Gasteiger partial charge on any atom is -0.482 e. The number of anilines is 1. The van der Waals surface area contributed by atoms with E-state index in [0.717, 1.165) is 4.47 Å². The van der Waals surface area contributed by atoms with E-state index < -0.39 is 5.97 Å². The molecule has 6 heteroatoms. The number of esters is 1. The lowest BCUT2D eigenvalue weighted by Gasteiger charge is -2.28. The maximum absolute atomic E-state index is 11.8. The van der Waals surface area contributed by atoms with Gasteiger partial charge < -0.3 is 9.47 Å². The van der Waals surface area contributed by atoms with Gasteiger partial charge in [0.25, 0.3) is 5.91 Å². The van der Waals surface area contributed by atoms with Gasteiger partial charge in [-0.05, 0) is 25.1 Å². The first-order valence-corrected chi connectivity index (χ1v) is 6.29. The molecule has 0 spiro atoms. The highest BCUT2D eigenvalue weighted by Gasteiger charge is 2.27. The number of benzene rings is 1. The molecule has 0 radical (unpaired) electrons. The van der Waals surface area contributed by atoms with Crippen LogP contribution >= 0.6 is 15.9 Å². The summed E-state index contributed by atoms with van der Waals surface area (Å²) in [6.45, 7) is 1.86. The highest BCUT2D eigenvalue weighted by molar-refractivity contribution is 9.10. The smallest absolute Gasteiger partial charge is 0.326 e. The fourth-order valence-corrected chi connectivity index (χ4v) is 2.03. The Kier molecular flexibility index (Phi) is 3.86. The summed E-state index contributed by atoms with van der Waals surface area (Å²) < 4.78 is 11.0. The number of halogens is 1. The van der Waals surface area contributed by atoms with Gasteiger partial charge in [0, 0.05) is 4.47 Å². The van der Waals surface area contributed by atoms with E-state index in [1.807, 2.05) is 6.07 Å². The molecule has 1 amide bonds. The van der Waals surface area contributed by atoms with Crippen LogP contribution in [0.5, 0.6) is 5.75 Å². The maximum atomic E-state index is 11.8. The van der Waals surface area contributed by atoms with Crippen LogP contribution < -0.4 is 9.64 Å². The lowest BCUT2D eigenvalue weighted by molar-refractivity contribution is -0.142. The number of carbonyl (C=O) groups excluding carboxylic acids is 2. The van der Waals surface area contributed by atoms with E-state index in [1.165, 1.54) is 4.90 Å². The highest BCUT2D eigenvalue weighted by atomic mass is 79.9. The van der Waals surface area contributed by atoms with Gasteiger partial charge in [-0.3, -0.25) is 14.5 Å². The topological polar surface area (TPSA) is 55.8 Å². The molecule has 1 aliphatic heterocycles. The van der Waals surface area contributed by atoms with E-state index >= 15 is 0 Å². The fourth-order valence-electron chi connectivity index (χ4n) is 1.68. The number of amides is 1. The maximum Gasteiger partial charge on any atom is 0.326 e. The Morgan fingerprint density at radius 2 is 2.33 bits per heavy atom. The van der Waals surface area contributed by atoms with Gasteiger partial charge in [0.2, 0.25) is 0 Å². The molecule has 1 heterocycles. The number of rotatable bonds is 3. The molecule has 18 heavy (non-hydrogen) atoms. The summed E-state index contributed by atoms with van der Waals surface area (Å²) in [6, 6.07) is 5.31. The quantitative estimate of drug-likeness (QED) is 0.798. The summed E-state index contributed by atoms with van der Waals surface area (Å²) in [4.78, 5) is 24.6. The molecule has 0 unspecified atom stereocenters. The monoisotopic (exact) mass is 313 g/mol. The van der Waals surface area contributed by atoms with Crippen molar-refractivity contribution in [2.75, 3.05) is 24.7 Å². The minimum absolute atomic E-state index is 0.0615. The average molecular weight is 314 g/mol. The van der Waals surface area contributed by atoms with Gasteiger partial charge in [-0.25, -0.2) is 0 Å².